The fourth-order valence-electron chi connectivity index (χ4n) is 4.09. The van der Waals surface area contributed by atoms with E-state index in [1.54, 1.807) is 14.0 Å². The van der Waals surface area contributed by atoms with E-state index in [1.807, 2.05) is 54.6 Å². The van der Waals surface area contributed by atoms with Crippen molar-refractivity contribution in [3.05, 3.63) is 60.2 Å². The summed E-state index contributed by atoms with van der Waals surface area (Å²) in [7, 11) is 1.65. The van der Waals surface area contributed by atoms with E-state index in [2.05, 4.69) is 15.1 Å². The first-order valence-corrected chi connectivity index (χ1v) is 10.8. The molecule has 2 atom stereocenters. The summed E-state index contributed by atoms with van der Waals surface area (Å²) in [6.45, 7) is 4.94. The first-order chi connectivity index (χ1) is 15.6. The third-order valence-electron chi connectivity index (χ3n) is 5.79. The number of anilines is 1. The second-order valence-electron chi connectivity index (χ2n) is 7.70. The number of guanidine groups is 1. The molecule has 0 spiro atoms. The van der Waals surface area contributed by atoms with Crippen LogP contribution < -0.4 is 15.0 Å². The Morgan fingerprint density at radius 2 is 1.69 bits per heavy atom. The van der Waals surface area contributed by atoms with Crippen molar-refractivity contribution in [2.24, 2.45) is 10.9 Å². The first-order valence-electron chi connectivity index (χ1n) is 10.8. The van der Waals surface area contributed by atoms with E-state index in [4.69, 9.17) is 14.5 Å². The molecule has 1 fully saturated rings. The Balaban J connectivity index is 1.51. The average molecular weight is 437 g/mol. The Morgan fingerprint density at radius 1 is 1.03 bits per heavy atom. The van der Waals surface area contributed by atoms with Crippen molar-refractivity contribution in [3.8, 4) is 5.75 Å². The Hall–Kier alpha value is -3.55. The van der Waals surface area contributed by atoms with Crippen molar-refractivity contribution in [3.63, 3.8) is 0 Å². The fourth-order valence-corrected chi connectivity index (χ4v) is 4.09. The minimum absolute atomic E-state index is 0.216. The molecule has 1 saturated heterocycles. The summed E-state index contributed by atoms with van der Waals surface area (Å²) in [5.41, 5.74) is 1.94. The molecule has 2 aliphatic rings. The maximum Gasteiger partial charge on any atom is 0.321 e. The molecule has 2 heterocycles. The number of amides is 1. The Bertz CT molecular complexity index is 969. The van der Waals surface area contributed by atoms with Crippen LogP contribution in [0.25, 0.3) is 0 Å². The number of carbonyl (C=O) groups is 2. The van der Waals surface area contributed by atoms with Gasteiger partial charge in [-0.15, -0.1) is 0 Å². The van der Waals surface area contributed by atoms with Gasteiger partial charge in [0.05, 0.1) is 13.7 Å². The average Bonchev–Trinajstić information content (AvgIpc) is 2.84. The maximum atomic E-state index is 13.0. The molecule has 0 bridgehead atoms. The van der Waals surface area contributed by atoms with E-state index in [1.165, 1.54) is 0 Å². The van der Waals surface area contributed by atoms with Gasteiger partial charge in [0.25, 0.3) is 0 Å². The zero-order valence-corrected chi connectivity index (χ0v) is 18.4. The summed E-state index contributed by atoms with van der Waals surface area (Å²) in [5.74, 6) is -0.582. The van der Waals surface area contributed by atoms with Crippen molar-refractivity contribution in [1.82, 2.24) is 10.2 Å². The largest absolute Gasteiger partial charge is 0.497 e. The van der Waals surface area contributed by atoms with Gasteiger partial charge in [0.15, 0.2) is 5.92 Å². The van der Waals surface area contributed by atoms with E-state index >= 15 is 0 Å². The molecule has 2 aromatic rings. The van der Waals surface area contributed by atoms with Crippen molar-refractivity contribution < 1.29 is 19.1 Å². The number of hydrogen-bond acceptors (Lipinski definition) is 7. The van der Waals surface area contributed by atoms with Crippen molar-refractivity contribution >= 4 is 23.5 Å². The van der Waals surface area contributed by atoms with Crippen LogP contribution in [0.4, 0.5) is 5.69 Å². The number of rotatable bonds is 5. The van der Waals surface area contributed by atoms with Gasteiger partial charge in [-0.2, -0.15) is 0 Å². The molecule has 1 amide bonds. The Morgan fingerprint density at radius 3 is 2.31 bits per heavy atom. The third kappa shape index (κ3) is 4.54. The lowest BCUT2D eigenvalue weighted by molar-refractivity contribution is -0.153. The van der Waals surface area contributed by atoms with Crippen molar-refractivity contribution in [1.29, 1.82) is 0 Å². The Labute approximate surface area is 187 Å². The summed E-state index contributed by atoms with van der Waals surface area (Å²) < 4.78 is 10.4. The molecule has 8 heteroatoms. The number of carbonyl (C=O) groups excluding carboxylic acids is 2. The lowest BCUT2D eigenvalue weighted by atomic mass is 9.91. The van der Waals surface area contributed by atoms with Crippen LogP contribution in [0.5, 0.6) is 5.75 Å². The maximum absolute atomic E-state index is 13.0. The van der Waals surface area contributed by atoms with E-state index in [-0.39, 0.29) is 12.5 Å². The summed E-state index contributed by atoms with van der Waals surface area (Å²) in [6, 6.07) is 16.8. The highest BCUT2D eigenvalue weighted by molar-refractivity contribution is 6.08. The van der Waals surface area contributed by atoms with Crippen LogP contribution in [0, 0.1) is 5.92 Å². The van der Waals surface area contributed by atoms with Crippen LogP contribution in [0.2, 0.25) is 0 Å². The van der Waals surface area contributed by atoms with Crippen LogP contribution in [-0.4, -0.2) is 62.6 Å². The highest BCUT2D eigenvalue weighted by atomic mass is 16.5. The molecule has 8 nitrogen and oxygen atoms in total. The summed E-state index contributed by atoms with van der Waals surface area (Å²) in [5, 5.41) is 2.85. The normalized spacial score (nSPS) is 20.9. The van der Waals surface area contributed by atoms with E-state index < -0.39 is 17.9 Å². The number of aliphatic imine (C=N–C) groups is 1. The summed E-state index contributed by atoms with van der Waals surface area (Å²) in [4.78, 5) is 34.7. The molecule has 0 saturated carbocycles. The molecule has 0 radical (unpaired) electrons. The monoisotopic (exact) mass is 436 g/mol. The van der Waals surface area contributed by atoms with Crippen molar-refractivity contribution in [2.75, 3.05) is 44.8 Å². The van der Waals surface area contributed by atoms with Gasteiger partial charge in [-0.1, -0.05) is 30.3 Å². The van der Waals surface area contributed by atoms with Gasteiger partial charge in [0.2, 0.25) is 11.9 Å². The zero-order chi connectivity index (χ0) is 22.5. The highest BCUT2D eigenvalue weighted by Crippen LogP contribution is 2.31. The number of piperazine rings is 1. The van der Waals surface area contributed by atoms with Crippen LogP contribution in [-0.2, 0) is 14.3 Å². The standard InChI is InChI=1S/C24H28N4O4/c1-3-32-23(30)20-21(17-7-5-4-6-8-17)25-24(26-22(20)29)28-15-13-27(14-16-28)18-9-11-19(31-2)12-10-18/h4-12,20-21H,3,13-16H2,1-2H3,(H,25,26,29)/t20-,21-/m1/s1. The van der Waals surface area contributed by atoms with Gasteiger partial charge in [0.1, 0.15) is 11.8 Å². The number of benzene rings is 2. The number of hydrogen-bond donors (Lipinski definition) is 1. The van der Waals surface area contributed by atoms with Crippen molar-refractivity contribution in [2.45, 2.75) is 13.0 Å². The van der Waals surface area contributed by atoms with Gasteiger partial charge in [0, 0.05) is 31.9 Å². The molecule has 0 aromatic heterocycles. The van der Waals surface area contributed by atoms with Gasteiger partial charge in [-0.05, 0) is 36.8 Å². The zero-order valence-electron chi connectivity index (χ0n) is 18.4. The van der Waals surface area contributed by atoms with Crippen LogP contribution in [0.3, 0.4) is 0 Å². The van der Waals surface area contributed by atoms with Gasteiger partial charge in [-0.25, -0.2) is 4.99 Å². The molecule has 32 heavy (non-hydrogen) atoms. The molecule has 0 aliphatic carbocycles. The van der Waals surface area contributed by atoms with E-state index in [9.17, 15) is 9.59 Å². The van der Waals surface area contributed by atoms with Crippen LogP contribution >= 0.6 is 0 Å². The summed E-state index contributed by atoms with van der Waals surface area (Å²) in [6.07, 6.45) is 0. The predicted octanol–water partition coefficient (Wildman–Crippen LogP) is 2.22. The van der Waals surface area contributed by atoms with Crippen LogP contribution in [0.1, 0.15) is 18.5 Å². The van der Waals surface area contributed by atoms with Gasteiger partial charge in [-0.3, -0.25) is 14.9 Å². The Kier molecular flexibility index (Phi) is 6.58. The molecule has 2 aliphatic heterocycles. The quantitative estimate of drug-likeness (QED) is 0.572. The number of nitrogens with zero attached hydrogens (tertiary/aromatic N) is 3. The SMILES string of the molecule is CCOC(=O)[C@H]1C(=O)NC(N2CCN(c3ccc(OC)cc3)CC2)=N[C@@H]1c1ccccc1. The molecule has 168 valence electrons. The van der Waals surface area contributed by atoms with Gasteiger partial charge < -0.3 is 19.3 Å². The summed E-state index contributed by atoms with van der Waals surface area (Å²) >= 11 is 0. The second-order valence-corrected chi connectivity index (χ2v) is 7.70. The number of methoxy groups -OCH3 is 1. The van der Waals surface area contributed by atoms with Crippen LogP contribution in [0.15, 0.2) is 59.6 Å². The van der Waals surface area contributed by atoms with Gasteiger partial charge >= 0.3 is 5.97 Å². The van der Waals surface area contributed by atoms with E-state index in [0.29, 0.717) is 19.0 Å². The number of nitrogens with one attached hydrogen (secondary N) is 1. The molecule has 2 aromatic carbocycles. The predicted molar refractivity (Wildman–Crippen MR) is 122 cm³/mol. The number of ether oxygens (including phenoxy) is 2. The topological polar surface area (TPSA) is 83.5 Å². The highest BCUT2D eigenvalue weighted by Gasteiger charge is 2.42. The minimum atomic E-state index is -0.998. The first kappa shape index (κ1) is 21.7. The lowest BCUT2D eigenvalue weighted by Crippen LogP contribution is -2.57. The molecular formula is C24H28N4O4. The fraction of sp³-hybridized carbons (Fsp3) is 0.375. The second kappa shape index (κ2) is 9.72. The third-order valence-corrected chi connectivity index (χ3v) is 5.79. The number of esters is 1. The molecular weight excluding hydrogens is 408 g/mol. The molecule has 4 rings (SSSR count). The minimum Gasteiger partial charge on any atom is -0.497 e. The molecule has 1 N–H and O–H groups in total. The smallest absolute Gasteiger partial charge is 0.321 e. The van der Waals surface area contributed by atoms with E-state index in [0.717, 1.165) is 30.1 Å². The lowest BCUT2D eigenvalue weighted by Gasteiger charge is -2.39. The molecule has 0 unspecified atom stereocenters.